The topological polar surface area (TPSA) is 63.1 Å². The first-order valence-corrected chi connectivity index (χ1v) is 8.83. The SMILES string of the molecule is CCCn1cccc1CNc1cccc(NS(C)(=O)=O)c1. The molecule has 2 aromatic rings. The van der Waals surface area contributed by atoms with Crippen LogP contribution in [-0.2, 0) is 23.1 Å². The van der Waals surface area contributed by atoms with Gasteiger partial charge < -0.3 is 9.88 Å². The minimum Gasteiger partial charge on any atom is -0.379 e. The van der Waals surface area contributed by atoms with E-state index in [4.69, 9.17) is 0 Å². The molecule has 0 unspecified atom stereocenters. The van der Waals surface area contributed by atoms with Gasteiger partial charge in [-0.2, -0.15) is 0 Å². The first-order valence-electron chi connectivity index (χ1n) is 6.93. The van der Waals surface area contributed by atoms with Crippen molar-refractivity contribution in [1.82, 2.24) is 4.57 Å². The standard InChI is InChI=1S/C15H21N3O2S/c1-3-9-18-10-5-8-15(18)12-16-13-6-4-7-14(11-13)17-21(2,19)20/h4-8,10-11,16-17H,3,9,12H2,1-2H3. The lowest BCUT2D eigenvalue weighted by Crippen LogP contribution is -2.10. The fourth-order valence-electron chi connectivity index (χ4n) is 2.17. The average Bonchev–Trinajstić information content (AvgIpc) is 2.83. The van der Waals surface area contributed by atoms with Crippen LogP contribution in [0.2, 0.25) is 0 Å². The summed E-state index contributed by atoms with van der Waals surface area (Å²) in [6.07, 6.45) is 4.31. The van der Waals surface area contributed by atoms with Crippen LogP contribution in [0, 0.1) is 0 Å². The molecule has 0 radical (unpaired) electrons. The number of hydrogen-bond acceptors (Lipinski definition) is 3. The van der Waals surface area contributed by atoms with Crippen molar-refractivity contribution < 1.29 is 8.42 Å². The number of nitrogens with one attached hydrogen (secondary N) is 2. The van der Waals surface area contributed by atoms with E-state index in [0.29, 0.717) is 12.2 Å². The van der Waals surface area contributed by atoms with Gasteiger partial charge in [-0.25, -0.2) is 8.42 Å². The van der Waals surface area contributed by atoms with E-state index in [0.717, 1.165) is 24.9 Å². The summed E-state index contributed by atoms with van der Waals surface area (Å²) in [5, 5.41) is 3.32. The summed E-state index contributed by atoms with van der Waals surface area (Å²) in [5.74, 6) is 0. The third kappa shape index (κ3) is 4.82. The normalized spacial score (nSPS) is 11.3. The van der Waals surface area contributed by atoms with Crippen molar-refractivity contribution >= 4 is 21.4 Å². The lowest BCUT2D eigenvalue weighted by molar-refractivity contribution is 0.607. The van der Waals surface area contributed by atoms with E-state index in [-0.39, 0.29) is 0 Å². The van der Waals surface area contributed by atoms with E-state index in [1.807, 2.05) is 18.2 Å². The summed E-state index contributed by atoms with van der Waals surface area (Å²) >= 11 is 0. The van der Waals surface area contributed by atoms with E-state index < -0.39 is 10.0 Å². The molecule has 1 heterocycles. The Morgan fingerprint density at radius 3 is 2.62 bits per heavy atom. The van der Waals surface area contributed by atoms with Crippen molar-refractivity contribution in [1.29, 1.82) is 0 Å². The maximum absolute atomic E-state index is 11.2. The second-order valence-corrected chi connectivity index (χ2v) is 6.75. The van der Waals surface area contributed by atoms with Gasteiger partial charge in [-0.3, -0.25) is 4.72 Å². The molecule has 0 fully saturated rings. The van der Waals surface area contributed by atoms with Gasteiger partial charge in [0.25, 0.3) is 0 Å². The van der Waals surface area contributed by atoms with Crippen molar-refractivity contribution in [3.8, 4) is 0 Å². The van der Waals surface area contributed by atoms with Crippen LogP contribution in [-0.4, -0.2) is 19.2 Å². The molecule has 0 spiro atoms. The van der Waals surface area contributed by atoms with E-state index in [1.54, 1.807) is 12.1 Å². The highest BCUT2D eigenvalue weighted by Gasteiger charge is 2.03. The minimum absolute atomic E-state index is 0.562. The molecular weight excluding hydrogens is 286 g/mol. The van der Waals surface area contributed by atoms with Crippen LogP contribution in [0.5, 0.6) is 0 Å². The fraction of sp³-hybridized carbons (Fsp3) is 0.333. The molecule has 0 atom stereocenters. The maximum atomic E-state index is 11.2. The number of benzene rings is 1. The van der Waals surface area contributed by atoms with Crippen LogP contribution in [0.4, 0.5) is 11.4 Å². The van der Waals surface area contributed by atoms with Crippen LogP contribution < -0.4 is 10.0 Å². The molecule has 0 aliphatic carbocycles. The lowest BCUT2D eigenvalue weighted by atomic mass is 10.3. The predicted octanol–water partition coefficient (Wildman–Crippen LogP) is 2.88. The Kier molecular flexibility index (Phi) is 4.90. The molecule has 0 aliphatic heterocycles. The second-order valence-electron chi connectivity index (χ2n) is 5.00. The summed E-state index contributed by atoms with van der Waals surface area (Å²) in [4.78, 5) is 0. The Morgan fingerprint density at radius 1 is 1.14 bits per heavy atom. The molecule has 0 bridgehead atoms. The zero-order chi connectivity index (χ0) is 15.3. The smallest absolute Gasteiger partial charge is 0.229 e. The fourth-order valence-corrected chi connectivity index (χ4v) is 2.72. The van der Waals surface area contributed by atoms with Gasteiger partial charge in [0.1, 0.15) is 0 Å². The first kappa shape index (κ1) is 15.4. The largest absolute Gasteiger partial charge is 0.379 e. The van der Waals surface area contributed by atoms with Gasteiger partial charge in [-0.05, 0) is 36.8 Å². The van der Waals surface area contributed by atoms with E-state index >= 15 is 0 Å². The predicted molar refractivity (Wildman–Crippen MR) is 87.0 cm³/mol. The summed E-state index contributed by atoms with van der Waals surface area (Å²) in [6.45, 7) is 3.85. The molecule has 1 aromatic heterocycles. The van der Waals surface area contributed by atoms with Gasteiger partial charge in [0.15, 0.2) is 0 Å². The third-order valence-corrected chi connectivity index (χ3v) is 3.63. The highest BCUT2D eigenvalue weighted by molar-refractivity contribution is 7.92. The Balaban J connectivity index is 2.03. The number of sulfonamides is 1. The second kappa shape index (κ2) is 6.67. The molecule has 2 N–H and O–H groups in total. The highest BCUT2D eigenvalue weighted by Crippen LogP contribution is 2.17. The first-order chi connectivity index (χ1) is 9.98. The molecule has 114 valence electrons. The number of hydrogen-bond donors (Lipinski definition) is 2. The molecule has 1 aromatic carbocycles. The Bertz CT molecular complexity index is 692. The monoisotopic (exact) mass is 307 g/mol. The lowest BCUT2D eigenvalue weighted by Gasteiger charge is -2.11. The van der Waals surface area contributed by atoms with Crippen molar-refractivity contribution in [2.24, 2.45) is 0 Å². The third-order valence-electron chi connectivity index (χ3n) is 3.03. The Hall–Kier alpha value is -1.95. The summed E-state index contributed by atoms with van der Waals surface area (Å²) in [7, 11) is -3.25. The molecule has 0 amide bonds. The Morgan fingerprint density at radius 2 is 1.90 bits per heavy atom. The number of aryl methyl sites for hydroxylation is 1. The maximum Gasteiger partial charge on any atom is 0.229 e. The molecule has 5 nitrogen and oxygen atoms in total. The van der Waals surface area contributed by atoms with Crippen LogP contribution in [0.25, 0.3) is 0 Å². The molecule has 0 saturated heterocycles. The Labute approximate surface area is 126 Å². The van der Waals surface area contributed by atoms with Gasteiger partial charge in [-0.15, -0.1) is 0 Å². The molecule has 0 saturated carbocycles. The summed E-state index contributed by atoms with van der Waals surface area (Å²) < 4.78 is 27.2. The molecule has 21 heavy (non-hydrogen) atoms. The van der Waals surface area contributed by atoms with Crippen molar-refractivity contribution in [2.75, 3.05) is 16.3 Å². The van der Waals surface area contributed by atoms with Crippen LogP contribution >= 0.6 is 0 Å². The van der Waals surface area contributed by atoms with Gasteiger partial charge in [-0.1, -0.05) is 13.0 Å². The molecular formula is C15H21N3O2S. The zero-order valence-corrected chi connectivity index (χ0v) is 13.2. The van der Waals surface area contributed by atoms with Gasteiger partial charge >= 0.3 is 0 Å². The van der Waals surface area contributed by atoms with Crippen LogP contribution in [0.15, 0.2) is 42.6 Å². The number of rotatable bonds is 7. The van der Waals surface area contributed by atoms with Crippen LogP contribution in [0.1, 0.15) is 19.0 Å². The van der Waals surface area contributed by atoms with Crippen molar-refractivity contribution in [3.63, 3.8) is 0 Å². The van der Waals surface area contributed by atoms with E-state index in [2.05, 4.69) is 33.8 Å². The highest BCUT2D eigenvalue weighted by atomic mass is 32.2. The molecule has 0 aliphatic rings. The number of aromatic nitrogens is 1. The number of anilines is 2. The van der Waals surface area contributed by atoms with Gasteiger partial charge in [0.05, 0.1) is 18.5 Å². The van der Waals surface area contributed by atoms with Gasteiger partial charge in [0, 0.05) is 24.1 Å². The van der Waals surface area contributed by atoms with E-state index in [9.17, 15) is 8.42 Å². The van der Waals surface area contributed by atoms with Crippen molar-refractivity contribution in [2.45, 2.75) is 26.4 Å². The van der Waals surface area contributed by atoms with E-state index in [1.165, 1.54) is 5.69 Å². The van der Waals surface area contributed by atoms with Gasteiger partial charge in [0.2, 0.25) is 10.0 Å². The number of nitrogens with zero attached hydrogens (tertiary/aromatic N) is 1. The zero-order valence-electron chi connectivity index (χ0n) is 12.3. The summed E-state index contributed by atoms with van der Waals surface area (Å²) in [6, 6.07) is 11.4. The quantitative estimate of drug-likeness (QED) is 0.827. The molecule has 2 rings (SSSR count). The van der Waals surface area contributed by atoms with Crippen LogP contribution in [0.3, 0.4) is 0 Å². The van der Waals surface area contributed by atoms with Crippen molar-refractivity contribution in [3.05, 3.63) is 48.3 Å². The molecule has 6 heteroatoms. The minimum atomic E-state index is -3.25. The summed E-state index contributed by atoms with van der Waals surface area (Å²) in [5.41, 5.74) is 2.65. The average molecular weight is 307 g/mol.